The van der Waals surface area contributed by atoms with Gasteiger partial charge in [0.05, 0.1) is 29.6 Å². The Morgan fingerprint density at radius 3 is 3.07 bits per heavy atom. The average molecular weight is 422 g/mol. The number of hydrogen-bond donors (Lipinski definition) is 2. The van der Waals surface area contributed by atoms with Crippen LogP contribution in [-0.2, 0) is 0 Å². The summed E-state index contributed by atoms with van der Waals surface area (Å²) in [5.74, 6) is 1.60. The van der Waals surface area contributed by atoms with Crippen molar-refractivity contribution >= 4 is 44.3 Å². The molecule has 0 atom stereocenters. The molecule has 0 aliphatic carbocycles. The maximum absolute atomic E-state index is 12.9. The Balaban J connectivity index is 1.56. The fraction of sp³-hybridized carbons (Fsp3) is 0.150. The van der Waals surface area contributed by atoms with Gasteiger partial charge in [-0.2, -0.15) is 0 Å². The zero-order chi connectivity index (χ0) is 18.5. The first-order valence-electron chi connectivity index (χ1n) is 8.69. The first kappa shape index (κ1) is 16.3. The van der Waals surface area contributed by atoms with E-state index in [4.69, 9.17) is 0 Å². The molecule has 7 heteroatoms. The van der Waals surface area contributed by atoms with E-state index in [9.17, 15) is 4.79 Å². The molecule has 134 valence electrons. The highest BCUT2D eigenvalue weighted by molar-refractivity contribution is 9.10. The number of anilines is 1. The number of hydrogen-bond acceptors (Lipinski definition) is 5. The van der Waals surface area contributed by atoms with E-state index in [0.29, 0.717) is 12.1 Å². The van der Waals surface area contributed by atoms with Gasteiger partial charge in [0, 0.05) is 28.2 Å². The van der Waals surface area contributed by atoms with Gasteiger partial charge in [0.2, 0.25) is 0 Å². The van der Waals surface area contributed by atoms with Gasteiger partial charge in [-0.15, -0.1) is 0 Å². The van der Waals surface area contributed by atoms with Gasteiger partial charge >= 0.3 is 0 Å². The number of benzene rings is 2. The van der Waals surface area contributed by atoms with Crippen LogP contribution in [0, 0.1) is 6.92 Å². The summed E-state index contributed by atoms with van der Waals surface area (Å²) in [6, 6.07) is 9.66. The summed E-state index contributed by atoms with van der Waals surface area (Å²) in [7, 11) is 0. The van der Waals surface area contributed by atoms with Gasteiger partial charge in [-0.3, -0.25) is 9.79 Å². The Morgan fingerprint density at radius 2 is 2.19 bits per heavy atom. The standard InChI is InChI=1S/C20H16BrN5O/c1-11-6-13-19(14(21)7-11)25-18(26-5-4-22-20(13)26)9-17(27)12-2-3-15-16(8-12)24-10-23-15/h2-3,6-10,25H,4-5H2,1H3,(H,23,24). The van der Waals surface area contributed by atoms with Crippen LogP contribution in [0.2, 0.25) is 0 Å². The van der Waals surface area contributed by atoms with Crippen molar-refractivity contribution in [1.29, 1.82) is 0 Å². The number of H-pyrrole nitrogens is 1. The molecule has 2 aliphatic heterocycles. The van der Waals surface area contributed by atoms with Crippen molar-refractivity contribution in [3.63, 3.8) is 0 Å². The predicted octanol–water partition coefficient (Wildman–Crippen LogP) is 3.85. The first-order chi connectivity index (χ1) is 13.1. The van der Waals surface area contributed by atoms with Gasteiger partial charge in [0.1, 0.15) is 11.7 Å². The quantitative estimate of drug-likeness (QED) is 0.486. The lowest BCUT2D eigenvalue weighted by atomic mass is 10.0. The van der Waals surface area contributed by atoms with Crippen LogP contribution in [0.15, 0.2) is 58.0 Å². The number of aromatic nitrogens is 2. The number of nitrogens with zero attached hydrogens (tertiary/aromatic N) is 3. The van der Waals surface area contributed by atoms with E-state index in [1.807, 2.05) is 12.1 Å². The molecule has 27 heavy (non-hydrogen) atoms. The second-order valence-electron chi connectivity index (χ2n) is 6.68. The third-order valence-electron chi connectivity index (χ3n) is 4.83. The maximum Gasteiger partial charge on any atom is 0.189 e. The molecule has 0 radical (unpaired) electrons. The lowest BCUT2D eigenvalue weighted by Gasteiger charge is -2.32. The van der Waals surface area contributed by atoms with Crippen LogP contribution in [0.5, 0.6) is 0 Å². The molecule has 3 aromatic rings. The van der Waals surface area contributed by atoms with Crippen molar-refractivity contribution < 1.29 is 4.79 Å². The summed E-state index contributed by atoms with van der Waals surface area (Å²) in [6.45, 7) is 3.53. The van der Waals surface area contributed by atoms with Crippen LogP contribution in [0.3, 0.4) is 0 Å². The number of imidazole rings is 1. The van der Waals surface area contributed by atoms with Gasteiger partial charge in [0.15, 0.2) is 5.78 Å². The number of aryl methyl sites for hydroxylation is 1. The lowest BCUT2D eigenvalue weighted by Crippen LogP contribution is -2.36. The van der Waals surface area contributed by atoms with Crippen LogP contribution in [-0.4, -0.2) is 39.6 Å². The second-order valence-corrected chi connectivity index (χ2v) is 7.53. The predicted molar refractivity (Wildman–Crippen MR) is 109 cm³/mol. The SMILES string of the molecule is Cc1cc(Br)c2c(c1)C1=NCCN1C(=CC(=O)c1ccc3nc[nH]c3c1)N2. The van der Waals surface area contributed by atoms with Gasteiger partial charge in [0.25, 0.3) is 0 Å². The van der Waals surface area contributed by atoms with E-state index >= 15 is 0 Å². The van der Waals surface area contributed by atoms with Crippen molar-refractivity contribution in [3.8, 4) is 0 Å². The summed E-state index contributed by atoms with van der Waals surface area (Å²) < 4.78 is 0.962. The highest BCUT2D eigenvalue weighted by atomic mass is 79.9. The van der Waals surface area contributed by atoms with Crippen molar-refractivity contribution in [2.24, 2.45) is 4.99 Å². The third-order valence-corrected chi connectivity index (χ3v) is 5.46. The van der Waals surface area contributed by atoms with E-state index in [2.05, 4.69) is 60.2 Å². The Hall–Kier alpha value is -2.93. The van der Waals surface area contributed by atoms with E-state index in [1.54, 1.807) is 18.5 Å². The normalized spacial score (nSPS) is 16.9. The molecule has 0 bridgehead atoms. The van der Waals surface area contributed by atoms with Crippen molar-refractivity contribution in [2.45, 2.75) is 6.92 Å². The number of allylic oxidation sites excluding steroid dienone is 1. The third kappa shape index (κ3) is 2.66. The zero-order valence-electron chi connectivity index (χ0n) is 14.6. The Labute approximate surface area is 164 Å². The summed E-state index contributed by atoms with van der Waals surface area (Å²) in [6.07, 6.45) is 3.27. The molecule has 2 aromatic carbocycles. The van der Waals surface area contributed by atoms with Crippen molar-refractivity contribution in [2.75, 3.05) is 18.4 Å². The topological polar surface area (TPSA) is 73.4 Å². The molecule has 3 heterocycles. The summed E-state index contributed by atoms with van der Waals surface area (Å²) in [5, 5.41) is 3.42. The number of amidine groups is 1. The monoisotopic (exact) mass is 421 g/mol. The molecule has 0 amide bonds. The Kier molecular flexibility index (Phi) is 3.65. The van der Waals surface area contributed by atoms with Crippen molar-refractivity contribution in [1.82, 2.24) is 14.9 Å². The number of halogens is 1. The fourth-order valence-corrected chi connectivity index (χ4v) is 4.24. The summed E-state index contributed by atoms with van der Waals surface area (Å²) in [4.78, 5) is 26.9. The molecule has 0 fully saturated rings. The molecule has 0 saturated heterocycles. The van der Waals surface area contributed by atoms with Crippen LogP contribution in [0.25, 0.3) is 11.0 Å². The maximum atomic E-state index is 12.9. The van der Waals surface area contributed by atoms with Gasteiger partial charge in [-0.05, 0) is 58.7 Å². The number of nitrogens with one attached hydrogen (secondary N) is 2. The molecule has 5 rings (SSSR count). The minimum absolute atomic E-state index is 0.0630. The van der Waals surface area contributed by atoms with Crippen LogP contribution in [0.4, 0.5) is 5.69 Å². The van der Waals surface area contributed by atoms with E-state index in [1.165, 1.54) is 0 Å². The van der Waals surface area contributed by atoms with Gasteiger partial charge < -0.3 is 15.2 Å². The van der Waals surface area contributed by atoms with E-state index in [0.717, 1.165) is 50.5 Å². The lowest BCUT2D eigenvalue weighted by molar-refractivity contribution is 0.104. The molecular weight excluding hydrogens is 406 g/mol. The highest BCUT2D eigenvalue weighted by Gasteiger charge is 2.31. The minimum Gasteiger partial charge on any atom is -0.345 e. The average Bonchev–Trinajstić information content (AvgIpc) is 3.31. The van der Waals surface area contributed by atoms with E-state index < -0.39 is 0 Å². The number of aliphatic imine (C=N–C) groups is 1. The van der Waals surface area contributed by atoms with Gasteiger partial charge in [-0.25, -0.2) is 4.98 Å². The molecule has 0 unspecified atom stereocenters. The summed E-state index contributed by atoms with van der Waals surface area (Å²) >= 11 is 3.63. The minimum atomic E-state index is -0.0630. The number of rotatable bonds is 2. The number of aromatic amines is 1. The van der Waals surface area contributed by atoms with E-state index in [-0.39, 0.29) is 5.78 Å². The van der Waals surface area contributed by atoms with Crippen LogP contribution < -0.4 is 5.32 Å². The van der Waals surface area contributed by atoms with Gasteiger partial charge in [-0.1, -0.05) is 0 Å². The molecule has 1 aromatic heterocycles. The fourth-order valence-electron chi connectivity index (χ4n) is 3.56. The molecule has 2 aliphatic rings. The first-order valence-corrected chi connectivity index (χ1v) is 9.48. The molecular formula is C20H16BrN5O. The Morgan fingerprint density at radius 1 is 1.30 bits per heavy atom. The van der Waals surface area contributed by atoms with Crippen molar-refractivity contribution in [3.05, 3.63) is 69.7 Å². The largest absolute Gasteiger partial charge is 0.345 e. The highest BCUT2D eigenvalue weighted by Crippen LogP contribution is 2.36. The number of carbonyl (C=O) groups excluding carboxylic acids is 1. The second kappa shape index (κ2) is 6.06. The number of carbonyl (C=O) groups is 1. The molecule has 0 spiro atoms. The molecule has 6 nitrogen and oxygen atoms in total. The number of ketones is 1. The smallest absolute Gasteiger partial charge is 0.189 e. The Bertz CT molecular complexity index is 1160. The molecule has 0 saturated carbocycles. The molecule has 2 N–H and O–H groups in total. The van der Waals surface area contributed by atoms with Crippen LogP contribution in [0.1, 0.15) is 21.5 Å². The summed E-state index contributed by atoms with van der Waals surface area (Å²) in [5.41, 5.74) is 5.48. The zero-order valence-corrected chi connectivity index (χ0v) is 16.2. The van der Waals surface area contributed by atoms with Crippen LogP contribution >= 0.6 is 15.9 Å². The number of fused-ring (bicyclic) bond motifs is 4.